The minimum atomic E-state index is -0.406. The fraction of sp³-hybridized carbons (Fsp3) is 0. The van der Waals surface area contributed by atoms with Crippen LogP contribution in [0, 0.1) is 0 Å². The third kappa shape index (κ3) is 5.05. The molecule has 2 rings (SSSR count). The van der Waals surface area contributed by atoms with Crippen molar-refractivity contribution < 1.29 is 14.6 Å². The molecule has 4 nitrogen and oxygen atoms in total. The Hall–Kier alpha value is -1.75. The zero-order valence-corrected chi connectivity index (χ0v) is 9.99. The highest BCUT2D eigenvalue weighted by Gasteiger charge is 1.94. The van der Waals surface area contributed by atoms with E-state index in [2.05, 4.69) is 22.8 Å². The van der Waals surface area contributed by atoms with E-state index in [1.165, 1.54) is 11.1 Å². The molecular weight excluding hydrogens is 228 g/mol. The monoisotopic (exact) mass is 243 g/mol. The van der Waals surface area contributed by atoms with Crippen molar-refractivity contribution in [3.63, 3.8) is 0 Å². The predicted octanol–water partition coefficient (Wildman–Crippen LogP) is 0.456. The molecule has 4 N–H and O–H groups in total. The first-order valence-electron chi connectivity index (χ1n) is 5.48. The lowest BCUT2D eigenvalue weighted by atomic mass is 10.1. The maximum atomic E-state index is 7.68. The molecule has 0 aromatic heterocycles. The molecule has 0 radical (unpaired) electrons. The van der Waals surface area contributed by atoms with E-state index in [1.807, 2.05) is 36.4 Å². The maximum Gasteiger partial charge on any atom is 0.421 e. The molecule has 6 heteroatoms. The zero-order valence-electron chi connectivity index (χ0n) is 9.99. The van der Waals surface area contributed by atoms with Crippen molar-refractivity contribution in [1.82, 2.24) is 0 Å². The molecule has 0 unspecified atom stereocenters. The Kier molecular flexibility index (Phi) is 6.64. The second-order valence-electron chi connectivity index (χ2n) is 3.45. The van der Waals surface area contributed by atoms with Gasteiger partial charge in [-0.15, -0.1) is 0 Å². The minimum Gasteiger partial charge on any atom is -0.457 e. The Labute approximate surface area is 108 Å². The average Bonchev–Trinajstić information content (AvgIpc) is 2.41. The smallest absolute Gasteiger partial charge is 0.421 e. The summed E-state index contributed by atoms with van der Waals surface area (Å²) in [6.45, 7) is 0. The summed E-state index contributed by atoms with van der Waals surface area (Å²) in [5, 5.41) is 15.4. The molecule has 2 aromatic rings. The van der Waals surface area contributed by atoms with Gasteiger partial charge >= 0.3 is 15.4 Å². The van der Waals surface area contributed by atoms with Crippen molar-refractivity contribution in [3.05, 3.63) is 54.6 Å². The first-order valence-corrected chi connectivity index (χ1v) is 5.48. The van der Waals surface area contributed by atoms with Crippen LogP contribution in [0.3, 0.4) is 0 Å². The summed E-state index contributed by atoms with van der Waals surface area (Å²) in [5.74, 6) is 0. The molecule has 0 aliphatic rings. The van der Waals surface area contributed by atoms with Gasteiger partial charge < -0.3 is 20.4 Å². The van der Waals surface area contributed by atoms with Crippen LogP contribution in [0.2, 0.25) is 0 Å². The number of rotatable bonds is 3. The summed E-state index contributed by atoms with van der Waals surface area (Å²) < 4.78 is 3.94. The molecule has 0 aliphatic carbocycles. The molecule has 0 heterocycles. The van der Waals surface area contributed by atoms with Gasteiger partial charge in [-0.05, 0) is 23.3 Å². The van der Waals surface area contributed by atoms with Crippen LogP contribution in [0.25, 0.3) is 11.1 Å². The molecule has 18 heavy (non-hydrogen) atoms. The second kappa shape index (κ2) is 8.36. The molecule has 0 saturated heterocycles. The van der Waals surface area contributed by atoms with Crippen LogP contribution in [0.1, 0.15) is 0 Å². The number of hydrogen-bond donors (Lipinski definition) is 3. The number of nitrogens with two attached hydrogens (primary N) is 1. The minimum absolute atomic E-state index is 0.406. The van der Waals surface area contributed by atoms with Crippen molar-refractivity contribution in [2.24, 2.45) is 0 Å². The van der Waals surface area contributed by atoms with Crippen molar-refractivity contribution in [1.29, 1.82) is 0 Å². The molecule has 0 aliphatic heterocycles. The van der Waals surface area contributed by atoms with Crippen molar-refractivity contribution in [2.45, 2.75) is 0 Å². The average molecular weight is 243 g/mol. The Morgan fingerprint density at radius 1 is 0.833 bits per heavy atom. The van der Waals surface area contributed by atoms with Crippen molar-refractivity contribution in [3.8, 4) is 11.1 Å². The van der Waals surface area contributed by atoms with E-state index in [0.717, 1.165) is 5.69 Å². The molecule has 0 bridgehead atoms. The van der Waals surface area contributed by atoms with Gasteiger partial charge in [0.15, 0.2) is 0 Å². The summed E-state index contributed by atoms with van der Waals surface area (Å²) in [4.78, 5) is 0. The third-order valence-electron chi connectivity index (χ3n) is 2.18. The Morgan fingerprint density at radius 2 is 1.44 bits per heavy atom. The third-order valence-corrected chi connectivity index (χ3v) is 2.18. The first-order chi connectivity index (χ1) is 8.77. The van der Waals surface area contributed by atoms with Crippen molar-refractivity contribution >= 4 is 21.1 Å². The standard InChI is InChI=1S/C12H11N.B2H4O3/c13-12-8-4-7-11(9-12)10-5-2-1-3-6-10;3-1-5-2-4/h1-9H,13H2;1-4H. The quantitative estimate of drug-likeness (QED) is 0.540. The summed E-state index contributed by atoms with van der Waals surface area (Å²) >= 11 is 0. The highest BCUT2D eigenvalue weighted by atomic mass is 16.5. The number of hydrogen-bond acceptors (Lipinski definition) is 4. The summed E-state index contributed by atoms with van der Waals surface area (Å²) in [5.41, 5.74) is 8.87. The number of nitrogen functional groups attached to an aromatic ring is 1. The van der Waals surface area contributed by atoms with Gasteiger partial charge in [-0.2, -0.15) is 0 Å². The SMILES string of the molecule is Nc1cccc(-c2ccccc2)c1.OBOBO. The Morgan fingerprint density at radius 3 is 1.94 bits per heavy atom. The second-order valence-corrected chi connectivity index (χ2v) is 3.45. The lowest BCUT2D eigenvalue weighted by Gasteiger charge is -2.01. The summed E-state index contributed by atoms with van der Waals surface area (Å²) in [6.07, 6.45) is 0. The van der Waals surface area contributed by atoms with Crippen LogP contribution in [0.4, 0.5) is 5.69 Å². The molecule has 0 atom stereocenters. The number of benzene rings is 2. The maximum absolute atomic E-state index is 7.68. The van der Waals surface area contributed by atoms with Gasteiger partial charge in [-0.3, -0.25) is 0 Å². The van der Waals surface area contributed by atoms with Gasteiger partial charge in [0.25, 0.3) is 0 Å². The van der Waals surface area contributed by atoms with Crippen molar-refractivity contribution in [2.75, 3.05) is 5.73 Å². The highest BCUT2D eigenvalue weighted by molar-refractivity contribution is 6.32. The lowest BCUT2D eigenvalue weighted by Crippen LogP contribution is -2.00. The first kappa shape index (κ1) is 14.3. The van der Waals surface area contributed by atoms with E-state index < -0.39 is 15.4 Å². The Balaban J connectivity index is 0.000000280. The van der Waals surface area contributed by atoms with Crippen LogP contribution in [-0.4, -0.2) is 25.4 Å². The Bertz CT molecular complexity index is 452. The van der Waals surface area contributed by atoms with Crippen LogP contribution >= 0.6 is 0 Å². The van der Waals surface area contributed by atoms with Gasteiger partial charge in [0, 0.05) is 5.69 Å². The normalized spacial score (nSPS) is 9.00. The fourth-order valence-corrected chi connectivity index (χ4v) is 1.39. The van der Waals surface area contributed by atoms with Gasteiger partial charge in [-0.1, -0.05) is 42.5 Å². The van der Waals surface area contributed by atoms with Gasteiger partial charge in [0.2, 0.25) is 0 Å². The largest absolute Gasteiger partial charge is 0.457 e. The molecule has 0 fully saturated rings. The zero-order chi connectivity index (χ0) is 13.2. The van der Waals surface area contributed by atoms with Crippen LogP contribution in [0.15, 0.2) is 54.6 Å². The van der Waals surface area contributed by atoms with Gasteiger partial charge in [-0.25, -0.2) is 0 Å². The van der Waals surface area contributed by atoms with E-state index in [4.69, 9.17) is 15.8 Å². The lowest BCUT2D eigenvalue weighted by molar-refractivity contribution is 0.408. The van der Waals surface area contributed by atoms with E-state index >= 15 is 0 Å². The van der Waals surface area contributed by atoms with Gasteiger partial charge in [0.05, 0.1) is 0 Å². The number of anilines is 1. The molecule has 2 aromatic carbocycles. The van der Waals surface area contributed by atoms with Crippen LogP contribution in [0.5, 0.6) is 0 Å². The van der Waals surface area contributed by atoms with Gasteiger partial charge in [0.1, 0.15) is 0 Å². The van der Waals surface area contributed by atoms with E-state index in [1.54, 1.807) is 0 Å². The summed E-state index contributed by atoms with van der Waals surface area (Å²) in [6, 6.07) is 18.1. The highest BCUT2D eigenvalue weighted by Crippen LogP contribution is 2.20. The van der Waals surface area contributed by atoms with Crippen LogP contribution in [-0.2, 0) is 4.57 Å². The molecule has 0 amide bonds. The topological polar surface area (TPSA) is 75.7 Å². The molecular formula is C12H15B2NO3. The summed E-state index contributed by atoms with van der Waals surface area (Å²) in [7, 11) is -0.812. The molecule has 0 saturated carbocycles. The molecule has 0 spiro atoms. The fourth-order valence-electron chi connectivity index (χ4n) is 1.39. The van der Waals surface area contributed by atoms with E-state index in [9.17, 15) is 0 Å². The van der Waals surface area contributed by atoms with Crippen LogP contribution < -0.4 is 5.73 Å². The molecule has 92 valence electrons. The van der Waals surface area contributed by atoms with E-state index in [0.29, 0.717) is 0 Å². The van der Waals surface area contributed by atoms with E-state index in [-0.39, 0.29) is 0 Å². The predicted molar refractivity (Wildman–Crippen MR) is 76.1 cm³/mol.